The Morgan fingerprint density at radius 1 is 1.02 bits per heavy atom. The summed E-state index contributed by atoms with van der Waals surface area (Å²) in [6, 6.07) is 14.8. The number of aliphatic carboxylic acids is 1. The molecule has 2 heterocycles. The molecular formula is C27H26F6N2O5. The summed E-state index contributed by atoms with van der Waals surface area (Å²) in [7, 11) is 0. The molecule has 1 spiro atoms. The van der Waals surface area contributed by atoms with Gasteiger partial charge in [0.1, 0.15) is 5.60 Å². The molecule has 7 nitrogen and oxygen atoms in total. The standard InChI is InChI=1S/C24H25F3N2O.C2HF3O2.CO2/c25-24(26,27)21-9-6-17(14-20(21)18-7-8-18)16-29-12-10-23(11-13-29)15-22(28-30-23)19-4-2-1-3-5-19;3-2(4,5)1(6)7;2-1-3/h1-6,9,14,18H,7-8,10-13,15-16H2;(H,6,7);. The second kappa shape index (κ2) is 12.6. The Kier molecular flexibility index (Phi) is 9.75. The summed E-state index contributed by atoms with van der Waals surface area (Å²) in [6.45, 7) is 2.40. The van der Waals surface area contributed by atoms with Gasteiger partial charge in [0.2, 0.25) is 0 Å². The van der Waals surface area contributed by atoms with Crippen LogP contribution in [0, 0.1) is 0 Å². The Balaban J connectivity index is 0.000000382. The lowest BCUT2D eigenvalue weighted by atomic mass is 9.85. The summed E-state index contributed by atoms with van der Waals surface area (Å²) in [4.78, 5) is 33.4. The third-order valence-corrected chi connectivity index (χ3v) is 6.80. The monoisotopic (exact) mass is 572 g/mol. The van der Waals surface area contributed by atoms with E-state index < -0.39 is 23.9 Å². The van der Waals surface area contributed by atoms with Crippen LogP contribution in [0.25, 0.3) is 0 Å². The van der Waals surface area contributed by atoms with E-state index >= 15 is 0 Å². The molecule has 0 unspecified atom stereocenters. The third kappa shape index (κ3) is 8.40. The lowest BCUT2D eigenvalue weighted by molar-refractivity contribution is -0.193. The van der Waals surface area contributed by atoms with Gasteiger partial charge < -0.3 is 9.94 Å². The maximum absolute atomic E-state index is 13.3. The highest BCUT2D eigenvalue weighted by Crippen LogP contribution is 2.46. The summed E-state index contributed by atoms with van der Waals surface area (Å²) in [5.41, 5.74) is 2.86. The number of carboxylic acids is 1. The summed E-state index contributed by atoms with van der Waals surface area (Å²) in [5.74, 6) is -2.68. The highest BCUT2D eigenvalue weighted by molar-refractivity contribution is 6.01. The first kappa shape index (κ1) is 30.8. The molecule has 0 amide bonds. The van der Waals surface area contributed by atoms with Crippen LogP contribution in [0.5, 0.6) is 0 Å². The van der Waals surface area contributed by atoms with Gasteiger partial charge in [-0.2, -0.15) is 35.9 Å². The molecule has 0 aromatic heterocycles. The minimum Gasteiger partial charge on any atom is -0.475 e. The molecule has 5 rings (SSSR count). The number of likely N-dealkylation sites (tertiary alicyclic amines) is 1. The minimum absolute atomic E-state index is 0.0756. The van der Waals surface area contributed by atoms with Crippen molar-refractivity contribution in [3.8, 4) is 0 Å². The summed E-state index contributed by atoms with van der Waals surface area (Å²) in [6.07, 6.45) is -4.81. The zero-order chi connectivity index (χ0) is 29.6. The van der Waals surface area contributed by atoms with Crippen molar-refractivity contribution in [2.24, 2.45) is 5.16 Å². The molecule has 2 aromatic rings. The quantitative estimate of drug-likeness (QED) is 0.466. The smallest absolute Gasteiger partial charge is 0.475 e. The number of alkyl halides is 6. The molecular weight excluding hydrogens is 546 g/mol. The topological polar surface area (TPSA) is 96.3 Å². The van der Waals surface area contributed by atoms with Gasteiger partial charge >= 0.3 is 24.5 Å². The molecule has 13 heteroatoms. The number of carbonyl (C=O) groups excluding carboxylic acids is 2. The Labute approximate surface area is 225 Å². The number of piperidine rings is 1. The van der Waals surface area contributed by atoms with Gasteiger partial charge in [0, 0.05) is 38.9 Å². The van der Waals surface area contributed by atoms with Crippen molar-refractivity contribution >= 4 is 17.8 Å². The molecule has 2 fully saturated rings. The van der Waals surface area contributed by atoms with Crippen LogP contribution in [0.15, 0.2) is 53.7 Å². The number of hydrogen-bond acceptors (Lipinski definition) is 6. The van der Waals surface area contributed by atoms with Crippen molar-refractivity contribution in [1.29, 1.82) is 0 Å². The van der Waals surface area contributed by atoms with Gasteiger partial charge in [-0.05, 0) is 41.5 Å². The van der Waals surface area contributed by atoms with E-state index in [2.05, 4.69) is 22.2 Å². The Hall–Kier alpha value is -3.70. The van der Waals surface area contributed by atoms with Crippen LogP contribution in [-0.4, -0.2) is 52.7 Å². The minimum atomic E-state index is -5.08. The summed E-state index contributed by atoms with van der Waals surface area (Å²) in [5, 5.41) is 11.5. The lowest BCUT2D eigenvalue weighted by Crippen LogP contribution is -2.44. The van der Waals surface area contributed by atoms with Crippen LogP contribution in [0.4, 0.5) is 26.3 Å². The van der Waals surface area contributed by atoms with Crippen molar-refractivity contribution in [3.05, 3.63) is 70.8 Å². The number of nitrogens with zero attached hydrogens (tertiary/aromatic N) is 2. The van der Waals surface area contributed by atoms with Crippen molar-refractivity contribution < 1.29 is 50.7 Å². The van der Waals surface area contributed by atoms with E-state index in [9.17, 15) is 26.3 Å². The maximum atomic E-state index is 13.3. The van der Waals surface area contributed by atoms with Gasteiger partial charge in [0.25, 0.3) is 0 Å². The van der Waals surface area contributed by atoms with Crippen LogP contribution in [-0.2, 0) is 31.9 Å². The SMILES string of the molecule is FC(F)(F)c1ccc(CN2CCC3(CC2)CC(c2ccccc2)=NO3)cc1C1CC1.O=C(O)C(F)(F)F.O=C=O. The molecule has 1 saturated heterocycles. The van der Waals surface area contributed by atoms with Crippen molar-refractivity contribution in [2.75, 3.05) is 13.1 Å². The fourth-order valence-corrected chi connectivity index (χ4v) is 4.65. The molecule has 0 bridgehead atoms. The molecule has 1 aliphatic carbocycles. The van der Waals surface area contributed by atoms with E-state index in [0.29, 0.717) is 12.1 Å². The molecule has 1 saturated carbocycles. The average molecular weight is 573 g/mol. The van der Waals surface area contributed by atoms with Crippen LogP contribution in [0.3, 0.4) is 0 Å². The number of hydrogen-bond donors (Lipinski definition) is 1. The number of carbonyl (C=O) groups is 1. The molecule has 3 aliphatic rings. The largest absolute Gasteiger partial charge is 0.490 e. The van der Waals surface area contributed by atoms with Crippen molar-refractivity contribution in [3.63, 3.8) is 0 Å². The highest BCUT2D eigenvalue weighted by atomic mass is 19.4. The van der Waals surface area contributed by atoms with Gasteiger partial charge in [-0.1, -0.05) is 47.6 Å². The zero-order valence-corrected chi connectivity index (χ0v) is 21.1. The van der Waals surface area contributed by atoms with Gasteiger partial charge in [-0.15, -0.1) is 0 Å². The van der Waals surface area contributed by atoms with Crippen LogP contribution < -0.4 is 0 Å². The van der Waals surface area contributed by atoms with Crippen molar-refractivity contribution in [1.82, 2.24) is 4.90 Å². The second-order valence-electron chi connectivity index (χ2n) is 9.71. The van der Waals surface area contributed by atoms with Gasteiger partial charge in [0.15, 0.2) is 0 Å². The van der Waals surface area contributed by atoms with E-state index in [-0.39, 0.29) is 17.7 Å². The maximum Gasteiger partial charge on any atom is 0.490 e. The first-order valence-corrected chi connectivity index (χ1v) is 12.3. The summed E-state index contributed by atoms with van der Waals surface area (Å²) < 4.78 is 71.7. The fraction of sp³-hybridized carbons (Fsp3) is 0.444. The second-order valence-corrected chi connectivity index (χ2v) is 9.71. The number of halogens is 6. The number of oxime groups is 1. The molecule has 216 valence electrons. The van der Waals surface area contributed by atoms with E-state index in [0.717, 1.165) is 62.0 Å². The number of carboxylic acid groups (broad SMARTS) is 1. The number of rotatable bonds is 4. The Morgan fingerprint density at radius 3 is 2.10 bits per heavy atom. The van der Waals surface area contributed by atoms with E-state index in [4.69, 9.17) is 24.3 Å². The Morgan fingerprint density at radius 2 is 1.60 bits per heavy atom. The van der Waals surface area contributed by atoms with E-state index in [1.54, 1.807) is 12.1 Å². The molecule has 1 N–H and O–H groups in total. The zero-order valence-electron chi connectivity index (χ0n) is 21.1. The molecule has 2 aromatic carbocycles. The lowest BCUT2D eigenvalue weighted by Gasteiger charge is -2.37. The predicted molar refractivity (Wildman–Crippen MR) is 128 cm³/mol. The van der Waals surface area contributed by atoms with Crippen molar-refractivity contribution in [2.45, 2.75) is 62.5 Å². The summed E-state index contributed by atoms with van der Waals surface area (Å²) >= 11 is 0. The average Bonchev–Trinajstić information content (AvgIpc) is 3.66. The van der Waals surface area contributed by atoms with Gasteiger partial charge in [0.05, 0.1) is 11.3 Å². The number of benzene rings is 2. The third-order valence-electron chi connectivity index (χ3n) is 6.80. The predicted octanol–water partition coefficient (Wildman–Crippen LogP) is 5.79. The molecule has 0 radical (unpaired) electrons. The van der Waals surface area contributed by atoms with Gasteiger partial charge in [-0.3, -0.25) is 4.90 Å². The van der Waals surface area contributed by atoms with E-state index in [1.165, 1.54) is 6.07 Å². The molecule has 2 aliphatic heterocycles. The van der Waals surface area contributed by atoms with Crippen LogP contribution in [0.1, 0.15) is 60.3 Å². The highest BCUT2D eigenvalue weighted by Gasteiger charge is 2.43. The first-order chi connectivity index (χ1) is 18.8. The first-order valence-electron chi connectivity index (χ1n) is 12.3. The van der Waals surface area contributed by atoms with Crippen LogP contribution in [0.2, 0.25) is 0 Å². The fourth-order valence-electron chi connectivity index (χ4n) is 4.65. The van der Waals surface area contributed by atoms with E-state index in [1.807, 2.05) is 18.2 Å². The normalized spacial score (nSPS) is 18.3. The van der Waals surface area contributed by atoms with Crippen LogP contribution >= 0.6 is 0 Å². The molecule has 40 heavy (non-hydrogen) atoms. The molecule has 0 atom stereocenters. The Bertz CT molecular complexity index is 1230. The van der Waals surface area contributed by atoms with Gasteiger partial charge in [-0.25, -0.2) is 4.79 Å².